The number of rotatable bonds is 1. The summed E-state index contributed by atoms with van der Waals surface area (Å²) in [5, 5.41) is 2.96. The first-order chi connectivity index (χ1) is 4.70. The minimum Gasteiger partial charge on any atom is -0.347 e. The van der Waals surface area contributed by atoms with Crippen molar-refractivity contribution in [3.63, 3.8) is 0 Å². The standard InChI is InChI=1S/C8H12N2/c1-6(2)8-4-9-7(3)10-5-8/h4-6,9H,3H2,1-2H3. The van der Waals surface area contributed by atoms with Crippen LogP contribution in [0.5, 0.6) is 0 Å². The second-order valence-corrected chi connectivity index (χ2v) is 2.65. The van der Waals surface area contributed by atoms with Gasteiger partial charge >= 0.3 is 0 Å². The molecule has 0 radical (unpaired) electrons. The van der Waals surface area contributed by atoms with E-state index in [1.165, 1.54) is 5.57 Å². The lowest BCUT2D eigenvalue weighted by atomic mass is 10.1. The van der Waals surface area contributed by atoms with E-state index in [1.54, 1.807) is 0 Å². The maximum absolute atomic E-state index is 4.03. The Hall–Kier alpha value is -1.05. The quantitative estimate of drug-likeness (QED) is 0.582. The van der Waals surface area contributed by atoms with Crippen LogP contribution in [-0.2, 0) is 0 Å². The smallest absolute Gasteiger partial charge is 0.122 e. The molecule has 0 atom stereocenters. The van der Waals surface area contributed by atoms with Crippen LogP contribution in [0.2, 0.25) is 0 Å². The summed E-state index contributed by atoms with van der Waals surface area (Å²) < 4.78 is 0. The van der Waals surface area contributed by atoms with Gasteiger partial charge in [0.15, 0.2) is 0 Å². The molecule has 0 saturated heterocycles. The van der Waals surface area contributed by atoms with E-state index in [1.807, 2.05) is 12.4 Å². The number of aliphatic imine (C=N–C) groups is 1. The first kappa shape index (κ1) is 7.06. The summed E-state index contributed by atoms with van der Waals surface area (Å²) in [5.41, 5.74) is 1.22. The normalized spacial score (nSPS) is 17.1. The van der Waals surface area contributed by atoms with E-state index in [9.17, 15) is 0 Å². The van der Waals surface area contributed by atoms with Crippen LogP contribution >= 0.6 is 0 Å². The molecule has 10 heavy (non-hydrogen) atoms. The number of hydrogen-bond acceptors (Lipinski definition) is 2. The van der Waals surface area contributed by atoms with Crippen molar-refractivity contribution >= 4 is 6.21 Å². The molecule has 54 valence electrons. The van der Waals surface area contributed by atoms with E-state index in [2.05, 4.69) is 30.7 Å². The number of allylic oxidation sites excluding steroid dienone is 1. The van der Waals surface area contributed by atoms with Gasteiger partial charge in [0.25, 0.3) is 0 Å². The average Bonchev–Trinajstić information content (AvgIpc) is 1.88. The Kier molecular flexibility index (Phi) is 1.90. The molecule has 0 saturated carbocycles. The van der Waals surface area contributed by atoms with Crippen molar-refractivity contribution in [3.05, 3.63) is 24.2 Å². The summed E-state index contributed by atoms with van der Waals surface area (Å²) in [4.78, 5) is 4.03. The largest absolute Gasteiger partial charge is 0.347 e. The molecule has 0 aromatic carbocycles. The van der Waals surface area contributed by atoms with E-state index in [4.69, 9.17) is 0 Å². The Balaban J connectivity index is 2.67. The van der Waals surface area contributed by atoms with Crippen molar-refractivity contribution in [1.29, 1.82) is 0 Å². The van der Waals surface area contributed by atoms with E-state index < -0.39 is 0 Å². The third kappa shape index (κ3) is 1.47. The number of hydrogen-bond donors (Lipinski definition) is 1. The molecule has 1 aliphatic rings. The minimum atomic E-state index is 0.532. The molecule has 0 aromatic rings. The molecule has 0 aromatic heterocycles. The average molecular weight is 136 g/mol. The topological polar surface area (TPSA) is 24.4 Å². The monoisotopic (exact) mass is 136 g/mol. The third-order valence-corrected chi connectivity index (χ3v) is 1.44. The van der Waals surface area contributed by atoms with Gasteiger partial charge < -0.3 is 5.32 Å². The second-order valence-electron chi connectivity index (χ2n) is 2.65. The van der Waals surface area contributed by atoms with Gasteiger partial charge in [0.2, 0.25) is 0 Å². The fourth-order valence-corrected chi connectivity index (χ4v) is 0.709. The minimum absolute atomic E-state index is 0.532. The van der Waals surface area contributed by atoms with Crippen LogP contribution in [0.1, 0.15) is 13.8 Å². The van der Waals surface area contributed by atoms with Crippen molar-refractivity contribution in [1.82, 2.24) is 5.32 Å². The van der Waals surface area contributed by atoms with Crippen LogP contribution in [0.15, 0.2) is 29.2 Å². The Morgan fingerprint density at radius 1 is 1.60 bits per heavy atom. The Bertz CT molecular complexity index is 199. The Morgan fingerprint density at radius 3 is 2.70 bits per heavy atom. The molecule has 0 fully saturated rings. The Morgan fingerprint density at radius 2 is 2.30 bits per heavy atom. The molecule has 2 heteroatoms. The first-order valence-electron chi connectivity index (χ1n) is 3.39. The van der Waals surface area contributed by atoms with Gasteiger partial charge in [0.1, 0.15) is 5.82 Å². The van der Waals surface area contributed by atoms with Gasteiger partial charge in [-0.25, -0.2) is 4.99 Å². The van der Waals surface area contributed by atoms with E-state index >= 15 is 0 Å². The lowest BCUT2D eigenvalue weighted by molar-refractivity contribution is 0.787. The zero-order chi connectivity index (χ0) is 7.56. The molecule has 1 N–H and O–H groups in total. The highest BCUT2D eigenvalue weighted by molar-refractivity contribution is 5.80. The number of nitrogens with zero attached hydrogens (tertiary/aromatic N) is 1. The zero-order valence-electron chi connectivity index (χ0n) is 6.39. The SMILES string of the molecule is C=C1N=CC(C(C)C)=CN1. The van der Waals surface area contributed by atoms with Gasteiger partial charge in [-0.05, 0) is 11.5 Å². The highest BCUT2D eigenvalue weighted by atomic mass is 15.0. The molecular formula is C8H12N2. The second kappa shape index (κ2) is 2.69. The predicted octanol–water partition coefficient (Wildman–Crippen LogP) is 1.67. The molecule has 0 spiro atoms. The lowest BCUT2D eigenvalue weighted by Crippen LogP contribution is -2.11. The predicted molar refractivity (Wildman–Crippen MR) is 43.7 cm³/mol. The van der Waals surface area contributed by atoms with Crippen LogP contribution in [0.3, 0.4) is 0 Å². The number of nitrogens with one attached hydrogen (secondary N) is 1. The van der Waals surface area contributed by atoms with Gasteiger partial charge in [0, 0.05) is 12.4 Å². The van der Waals surface area contributed by atoms with Crippen molar-refractivity contribution in [2.75, 3.05) is 0 Å². The van der Waals surface area contributed by atoms with Crippen molar-refractivity contribution < 1.29 is 0 Å². The molecular weight excluding hydrogens is 124 g/mol. The van der Waals surface area contributed by atoms with Crippen molar-refractivity contribution in [2.24, 2.45) is 10.9 Å². The molecule has 1 heterocycles. The summed E-state index contributed by atoms with van der Waals surface area (Å²) in [5.74, 6) is 1.24. The highest BCUT2D eigenvalue weighted by Crippen LogP contribution is 2.09. The van der Waals surface area contributed by atoms with Gasteiger partial charge in [-0.2, -0.15) is 0 Å². The van der Waals surface area contributed by atoms with E-state index in [0.29, 0.717) is 11.7 Å². The van der Waals surface area contributed by atoms with E-state index in [-0.39, 0.29) is 0 Å². The highest BCUT2D eigenvalue weighted by Gasteiger charge is 2.02. The van der Waals surface area contributed by atoms with Gasteiger partial charge in [0.05, 0.1) is 0 Å². The Labute approximate surface area is 61.4 Å². The van der Waals surface area contributed by atoms with Gasteiger partial charge in [-0.1, -0.05) is 20.4 Å². The maximum Gasteiger partial charge on any atom is 0.122 e. The van der Waals surface area contributed by atoms with Gasteiger partial charge in [-0.3, -0.25) is 0 Å². The van der Waals surface area contributed by atoms with Crippen LogP contribution in [0, 0.1) is 5.92 Å². The van der Waals surface area contributed by atoms with Crippen molar-refractivity contribution in [3.8, 4) is 0 Å². The molecule has 1 rings (SSSR count). The summed E-state index contributed by atoms with van der Waals surface area (Å²) in [7, 11) is 0. The summed E-state index contributed by atoms with van der Waals surface area (Å²) in [6.07, 6.45) is 3.80. The molecule has 2 nitrogen and oxygen atoms in total. The van der Waals surface area contributed by atoms with E-state index in [0.717, 1.165) is 0 Å². The van der Waals surface area contributed by atoms with Gasteiger partial charge in [-0.15, -0.1) is 0 Å². The van der Waals surface area contributed by atoms with Crippen LogP contribution < -0.4 is 5.32 Å². The molecule has 1 aliphatic heterocycles. The molecule has 0 amide bonds. The van der Waals surface area contributed by atoms with Crippen LogP contribution in [-0.4, -0.2) is 6.21 Å². The van der Waals surface area contributed by atoms with Crippen LogP contribution in [0.25, 0.3) is 0 Å². The third-order valence-electron chi connectivity index (χ3n) is 1.44. The van der Waals surface area contributed by atoms with Crippen LogP contribution in [0.4, 0.5) is 0 Å². The maximum atomic E-state index is 4.03. The molecule has 0 bridgehead atoms. The lowest BCUT2D eigenvalue weighted by Gasteiger charge is -2.11. The molecule has 0 aliphatic carbocycles. The van der Waals surface area contributed by atoms with Crippen molar-refractivity contribution in [2.45, 2.75) is 13.8 Å². The summed E-state index contributed by atoms with van der Waals surface area (Å²) in [6.45, 7) is 7.92. The first-order valence-corrected chi connectivity index (χ1v) is 3.39. The summed E-state index contributed by atoms with van der Waals surface area (Å²) >= 11 is 0. The zero-order valence-corrected chi connectivity index (χ0v) is 6.39. The molecule has 0 unspecified atom stereocenters. The fraction of sp³-hybridized carbons (Fsp3) is 0.375. The fourth-order valence-electron chi connectivity index (χ4n) is 0.709. The summed E-state index contributed by atoms with van der Waals surface area (Å²) in [6, 6.07) is 0.